The Hall–Kier alpha value is -1.45. The highest BCUT2D eigenvalue weighted by molar-refractivity contribution is 9.10. The molecule has 1 aromatic heterocycles. The highest BCUT2D eigenvalue weighted by Gasteiger charge is 2.25. The molecular formula is C12H14BrFN4O2S. The van der Waals surface area contributed by atoms with E-state index in [2.05, 4.69) is 36.2 Å². The summed E-state index contributed by atoms with van der Waals surface area (Å²) >= 11 is 3.13. The zero-order chi connectivity index (χ0) is 15.6. The summed E-state index contributed by atoms with van der Waals surface area (Å²) in [5.74, 6) is -0.663. The number of rotatable bonds is 5. The topological polar surface area (TPSA) is 86.9 Å². The Morgan fingerprint density at radius 1 is 1.43 bits per heavy atom. The maximum absolute atomic E-state index is 13.8. The van der Waals surface area contributed by atoms with E-state index in [1.165, 1.54) is 12.1 Å². The molecule has 9 heteroatoms. The largest absolute Gasteiger partial charge is 0.314 e. The predicted molar refractivity (Wildman–Crippen MR) is 81.0 cm³/mol. The van der Waals surface area contributed by atoms with Crippen LogP contribution in [0.25, 0.3) is 0 Å². The number of aromatic amines is 1. The molecule has 21 heavy (non-hydrogen) atoms. The molecule has 2 aromatic rings. The molecule has 0 unspecified atom stereocenters. The Kier molecular flexibility index (Phi) is 4.64. The smallest absolute Gasteiger partial charge is 0.265 e. The van der Waals surface area contributed by atoms with Gasteiger partial charge in [0.05, 0.1) is 17.1 Å². The lowest BCUT2D eigenvalue weighted by Gasteiger charge is -2.11. The van der Waals surface area contributed by atoms with Crippen LogP contribution in [0.3, 0.4) is 0 Å². The van der Waals surface area contributed by atoms with Gasteiger partial charge in [-0.15, -0.1) is 0 Å². The highest BCUT2D eigenvalue weighted by atomic mass is 79.9. The van der Waals surface area contributed by atoms with E-state index >= 15 is 0 Å². The number of anilines is 1. The number of hydrogen-bond donors (Lipinski definition) is 3. The van der Waals surface area contributed by atoms with Crippen molar-refractivity contribution in [3.8, 4) is 0 Å². The van der Waals surface area contributed by atoms with Crippen LogP contribution in [-0.2, 0) is 16.6 Å². The van der Waals surface area contributed by atoms with Gasteiger partial charge in [-0.25, -0.2) is 12.8 Å². The van der Waals surface area contributed by atoms with Crippen LogP contribution in [0, 0.1) is 12.7 Å². The molecule has 3 N–H and O–H groups in total. The lowest BCUT2D eigenvalue weighted by molar-refractivity contribution is 0.596. The number of nitrogens with one attached hydrogen (secondary N) is 3. The Bertz CT molecular complexity index is 740. The van der Waals surface area contributed by atoms with Gasteiger partial charge in [-0.3, -0.25) is 9.82 Å². The Balaban J connectivity index is 2.46. The number of sulfonamides is 1. The number of hydrogen-bond acceptors (Lipinski definition) is 4. The zero-order valence-corrected chi connectivity index (χ0v) is 13.8. The average molecular weight is 377 g/mol. The number of aromatic nitrogens is 2. The maximum atomic E-state index is 13.8. The second-order valence-electron chi connectivity index (χ2n) is 4.36. The van der Waals surface area contributed by atoms with Crippen LogP contribution in [0.5, 0.6) is 0 Å². The third kappa shape index (κ3) is 3.25. The van der Waals surface area contributed by atoms with E-state index in [1.807, 2.05) is 0 Å². The van der Waals surface area contributed by atoms with Gasteiger partial charge in [0, 0.05) is 11.0 Å². The molecule has 1 aromatic carbocycles. The summed E-state index contributed by atoms with van der Waals surface area (Å²) in [6.07, 6.45) is 0. The molecule has 0 saturated heterocycles. The van der Waals surface area contributed by atoms with Crippen molar-refractivity contribution in [2.24, 2.45) is 0 Å². The van der Waals surface area contributed by atoms with Gasteiger partial charge in [-0.05, 0) is 42.0 Å². The molecule has 1 heterocycles. The van der Waals surface area contributed by atoms with E-state index in [-0.39, 0.29) is 17.1 Å². The van der Waals surface area contributed by atoms with E-state index in [9.17, 15) is 12.8 Å². The van der Waals surface area contributed by atoms with Crippen molar-refractivity contribution < 1.29 is 12.8 Å². The minimum atomic E-state index is -3.95. The van der Waals surface area contributed by atoms with Crippen molar-refractivity contribution in [1.29, 1.82) is 0 Å². The van der Waals surface area contributed by atoms with E-state index in [4.69, 9.17) is 0 Å². The van der Waals surface area contributed by atoms with Gasteiger partial charge in [0.25, 0.3) is 10.0 Å². The van der Waals surface area contributed by atoms with Crippen molar-refractivity contribution in [2.75, 3.05) is 11.8 Å². The van der Waals surface area contributed by atoms with Crippen molar-refractivity contribution in [1.82, 2.24) is 15.5 Å². The van der Waals surface area contributed by atoms with Crippen LogP contribution in [0.4, 0.5) is 10.1 Å². The molecule has 0 aliphatic rings. The molecule has 2 rings (SSSR count). The molecule has 0 saturated carbocycles. The van der Waals surface area contributed by atoms with Gasteiger partial charge < -0.3 is 5.32 Å². The number of H-pyrrole nitrogens is 1. The average Bonchev–Trinajstić information content (AvgIpc) is 2.77. The Labute approximate surface area is 130 Å². The number of halogens is 2. The van der Waals surface area contributed by atoms with Crippen molar-refractivity contribution >= 4 is 31.6 Å². The van der Waals surface area contributed by atoms with Gasteiger partial charge in [-0.1, -0.05) is 6.07 Å². The van der Waals surface area contributed by atoms with Gasteiger partial charge in [0.1, 0.15) is 10.7 Å². The van der Waals surface area contributed by atoms with E-state index in [0.717, 1.165) is 0 Å². The van der Waals surface area contributed by atoms with Crippen LogP contribution >= 0.6 is 15.9 Å². The fourth-order valence-electron chi connectivity index (χ4n) is 1.89. The summed E-state index contributed by atoms with van der Waals surface area (Å²) in [5, 5.41) is 9.41. The molecule has 0 bridgehead atoms. The molecule has 0 spiro atoms. The first-order valence-electron chi connectivity index (χ1n) is 6.02. The molecule has 0 aliphatic carbocycles. The second-order valence-corrected chi connectivity index (χ2v) is 6.83. The summed E-state index contributed by atoms with van der Waals surface area (Å²) in [5.41, 5.74) is 0.601. The molecule has 0 radical (unpaired) electrons. The fourth-order valence-corrected chi connectivity index (χ4v) is 3.92. The molecule has 0 amide bonds. The van der Waals surface area contributed by atoms with Gasteiger partial charge >= 0.3 is 0 Å². The number of aryl methyl sites for hydroxylation is 1. The van der Waals surface area contributed by atoms with Crippen LogP contribution in [0.15, 0.2) is 27.6 Å². The molecule has 114 valence electrons. The standard InChI is InChI=1S/C12H14BrFN4O2S/c1-7-12(10(6-15-2)17-16-7)21(19,20)18-11-8(13)4-3-5-9(11)14/h3-5,15,18H,6H2,1-2H3,(H,16,17). The molecule has 0 fully saturated rings. The molecule has 6 nitrogen and oxygen atoms in total. The number of nitrogens with zero attached hydrogens (tertiary/aromatic N) is 1. The molecular weight excluding hydrogens is 363 g/mol. The van der Waals surface area contributed by atoms with Gasteiger partial charge in [-0.2, -0.15) is 5.10 Å². The first kappa shape index (κ1) is 15.9. The lowest BCUT2D eigenvalue weighted by Crippen LogP contribution is -2.18. The van der Waals surface area contributed by atoms with Crippen LogP contribution in [-0.4, -0.2) is 25.7 Å². The number of para-hydroxylation sites is 1. The Morgan fingerprint density at radius 2 is 2.14 bits per heavy atom. The minimum Gasteiger partial charge on any atom is -0.314 e. The van der Waals surface area contributed by atoms with Gasteiger partial charge in [0.2, 0.25) is 0 Å². The summed E-state index contributed by atoms with van der Waals surface area (Å²) in [6, 6.07) is 4.21. The molecule has 0 atom stereocenters. The maximum Gasteiger partial charge on any atom is 0.265 e. The van der Waals surface area contributed by atoms with Gasteiger partial charge in [0.15, 0.2) is 0 Å². The first-order valence-corrected chi connectivity index (χ1v) is 8.29. The second kappa shape index (κ2) is 6.12. The zero-order valence-electron chi connectivity index (χ0n) is 11.4. The summed E-state index contributed by atoms with van der Waals surface area (Å²) < 4.78 is 41.4. The quantitative estimate of drug-likeness (QED) is 0.745. The normalized spacial score (nSPS) is 11.6. The third-order valence-electron chi connectivity index (χ3n) is 2.77. The highest BCUT2D eigenvalue weighted by Crippen LogP contribution is 2.29. The summed E-state index contributed by atoms with van der Waals surface area (Å²) in [6.45, 7) is 1.87. The summed E-state index contributed by atoms with van der Waals surface area (Å²) in [4.78, 5) is 0.0204. The van der Waals surface area contributed by atoms with E-state index in [1.54, 1.807) is 20.0 Å². The van der Waals surface area contributed by atoms with Crippen LogP contribution in [0.2, 0.25) is 0 Å². The summed E-state index contributed by atoms with van der Waals surface area (Å²) in [7, 11) is -2.27. The minimum absolute atomic E-state index is 0.0204. The predicted octanol–water partition coefficient (Wildman–Crippen LogP) is 2.14. The third-order valence-corrected chi connectivity index (χ3v) is 4.99. The van der Waals surface area contributed by atoms with Crippen LogP contribution in [0.1, 0.15) is 11.4 Å². The number of benzene rings is 1. The Morgan fingerprint density at radius 3 is 2.76 bits per heavy atom. The van der Waals surface area contributed by atoms with Crippen molar-refractivity contribution in [3.63, 3.8) is 0 Å². The van der Waals surface area contributed by atoms with Crippen molar-refractivity contribution in [2.45, 2.75) is 18.4 Å². The fraction of sp³-hybridized carbons (Fsp3) is 0.250. The SMILES string of the molecule is CNCc1n[nH]c(C)c1S(=O)(=O)Nc1c(F)cccc1Br. The van der Waals surface area contributed by atoms with E-state index in [0.29, 0.717) is 15.9 Å². The van der Waals surface area contributed by atoms with E-state index < -0.39 is 15.8 Å². The first-order chi connectivity index (χ1) is 9.86. The lowest BCUT2D eigenvalue weighted by atomic mass is 10.3. The monoisotopic (exact) mass is 376 g/mol. The molecule has 0 aliphatic heterocycles. The van der Waals surface area contributed by atoms with Crippen LogP contribution < -0.4 is 10.0 Å². The van der Waals surface area contributed by atoms with Crippen molar-refractivity contribution in [3.05, 3.63) is 39.9 Å².